The van der Waals surface area contributed by atoms with Gasteiger partial charge in [-0.25, -0.2) is 9.78 Å². The molecule has 4 aromatic rings. The van der Waals surface area contributed by atoms with Crippen LogP contribution < -0.4 is 14.8 Å². The number of pyridine rings is 1. The van der Waals surface area contributed by atoms with E-state index in [0.29, 0.717) is 41.5 Å². The third-order valence-corrected chi connectivity index (χ3v) is 5.52. The maximum absolute atomic E-state index is 13.1. The first kappa shape index (κ1) is 25.4. The first-order chi connectivity index (χ1) is 18.0. The second-order valence-electron chi connectivity index (χ2n) is 8.46. The van der Waals surface area contributed by atoms with Crippen LogP contribution in [-0.4, -0.2) is 30.1 Å². The average molecular weight is 497 g/mol. The van der Waals surface area contributed by atoms with Gasteiger partial charge in [-0.3, -0.25) is 4.79 Å². The lowest BCUT2D eigenvalue weighted by Gasteiger charge is -2.17. The molecule has 0 spiro atoms. The molecule has 7 heteroatoms. The molecule has 1 atom stereocenters. The fourth-order valence-corrected chi connectivity index (χ4v) is 3.71. The highest BCUT2D eigenvalue weighted by Gasteiger charge is 2.14. The van der Waals surface area contributed by atoms with Crippen molar-refractivity contribution in [3.8, 4) is 11.5 Å². The van der Waals surface area contributed by atoms with E-state index in [4.69, 9.17) is 9.47 Å². The summed E-state index contributed by atoms with van der Waals surface area (Å²) in [6.45, 7) is 2.33. The summed E-state index contributed by atoms with van der Waals surface area (Å²) in [4.78, 5) is 28.9. The minimum absolute atomic E-state index is 0.129. The molecule has 0 aliphatic heterocycles. The molecule has 0 fully saturated rings. The Balaban J connectivity index is 1.52. The molecule has 0 aliphatic rings. The Morgan fingerprint density at radius 3 is 2.16 bits per heavy atom. The lowest BCUT2D eigenvalue weighted by molar-refractivity contribution is 0.0600. The summed E-state index contributed by atoms with van der Waals surface area (Å²) in [6, 6.07) is 28.0. The maximum Gasteiger partial charge on any atom is 0.339 e. The van der Waals surface area contributed by atoms with Gasteiger partial charge in [0.25, 0.3) is 5.91 Å². The van der Waals surface area contributed by atoms with Gasteiger partial charge < -0.3 is 19.5 Å². The summed E-state index contributed by atoms with van der Waals surface area (Å²) >= 11 is 0. The summed E-state index contributed by atoms with van der Waals surface area (Å²) in [5, 5.41) is 2.75. The van der Waals surface area contributed by atoms with E-state index >= 15 is 0 Å². The highest BCUT2D eigenvalue weighted by atomic mass is 16.5. The molecular weight excluding hydrogens is 468 g/mol. The number of aromatic nitrogens is 1. The van der Waals surface area contributed by atoms with Crippen LogP contribution in [0.5, 0.6) is 11.5 Å². The molecule has 188 valence electrons. The van der Waals surface area contributed by atoms with Crippen LogP contribution in [-0.2, 0) is 17.8 Å². The molecular formula is C30H28N2O5. The lowest BCUT2D eigenvalue weighted by Crippen LogP contribution is -2.17. The second kappa shape index (κ2) is 12.4. The number of carbonyl (C=O) groups is 2. The average Bonchev–Trinajstić information content (AvgIpc) is 2.93. The third-order valence-electron chi connectivity index (χ3n) is 5.52. The van der Waals surface area contributed by atoms with Crippen molar-refractivity contribution in [1.82, 2.24) is 4.98 Å². The van der Waals surface area contributed by atoms with E-state index in [-0.39, 0.29) is 12.0 Å². The number of esters is 1. The van der Waals surface area contributed by atoms with Gasteiger partial charge in [0.1, 0.15) is 23.9 Å². The number of anilines is 1. The van der Waals surface area contributed by atoms with Crippen molar-refractivity contribution in [2.45, 2.75) is 26.1 Å². The first-order valence-electron chi connectivity index (χ1n) is 11.9. The smallest absolute Gasteiger partial charge is 0.339 e. The fraction of sp³-hybridized carbons (Fsp3) is 0.167. The molecule has 1 amide bonds. The second-order valence-corrected chi connectivity index (χ2v) is 8.46. The number of methoxy groups -OCH3 is 1. The number of benzene rings is 3. The molecule has 0 aliphatic carbocycles. The molecule has 1 aromatic heterocycles. The molecule has 37 heavy (non-hydrogen) atoms. The molecule has 0 radical (unpaired) electrons. The highest BCUT2D eigenvalue weighted by Crippen LogP contribution is 2.26. The normalized spacial score (nSPS) is 11.3. The summed E-state index contributed by atoms with van der Waals surface area (Å²) in [7, 11) is 1.30. The van der Waals surface area contributed by atoms with Crippen molar-refractivity contribution in [3.63, 3.8) is 0 Å². The van der Waals surface area contributed by atoms with Crippen LogP contribution in [0.25, 0.3) is 0 Å². The number of hydrogen-bond donors (Lipinski definition) is 1. The predicted octanol–water partition coefficient (Wildman–Crippen LogP) is 5.71. The zero-order valence-electron chi connectivity index (χ0n) is 20.7. The monoisotopic (exact) mass is 496 g/mol. The lowest BCUT2D eigenvalue weighted by atomic mass is 10.1. The van der Waals surface area contributed by atoms with Gasteiger partial charge in [-0.05, 0) is 42.3 Å². The van der Waals surface area contributed by atoms with E-state index in [9.17, 15) is 9.59 Å². The number of nitrogens with one attached hydrogen (secondary N) is 1. The van der Waals surface area contributed by atoms with E-state index in [1.807, 2.05) is 55.5 Å². The molecule has 4 rings (SSSR count). The largest absolute Gasteiger partial charge is 0.490 e. The third kappa shape index (κ3) is 7.41. The van der Waals surface area contributed by atoms with Crippen LogP contribution in [0.1, 0.15) is 38.8 Å². The molecule has 0 unspecified atom stereocenters. The van der Waals surface area contributed by atoms with Gasteiger partial charge in [0, 0.05) is 24.2 Å². The number of amides is 1. The van der Waals surface area contributed by atoms with Crippen molar-refractivity contribution in [2.24, 2.45) is 0 Å². The number of hydrogen-bond acceptors (Lipinski definition) is 6. The first-order valence-corrected chi connectivity index (χ1v) is 11.9. The van der Waals surface area contributed by atoms with Crippen LogP contribution >= 0.6 is 0 Å². The quantitative estimate of drug-likeness (QED) is 0.283. The van der Waals surface area contributed by atoms with Gasteiger partial charge in [-0.15, -0.1) is 0 Å². The Morgan fingerprint density at radius 1 is 0.838 bits per heavy atom. The molecule has 1 heterocycles. The zero-order valence-corrected chi connectivity index (χ0v) is 20.7. The molecule has 0 saturated carbocycles. The Morgan fingerprint density at radius 2 is 1.51 bits per heavy atom. The van der Waals surface area contributed by atoms with Crippen LogP contribution in [0.2, 0.25) is 0 Å². The number of nitrogens with zero attached hydrogens (tertiary/aromatic N) is 1. The van der Waals surface area contributed by atoms with Crippen molar-refractivity contribution in [1.29, 1.82) is 0 Å². The van der Waals surface area contributed by atoms with Gasteiger partial charge >= 0.3 is 5.97 Å². The van der Waals surface area contributed by atoms with Gasteiger partial charge in [0.05, 0.1) is 18.8 Å². The van der Waals surface area contributed by atoms with Crippen LogP contribution in [0.3, 0.4) is 0 Å². The molecule has 0 saturated heterocycles. The highest BCUT2D eigenvalue weighted by molar-refractivity contribution is 6.04. The summed E-state index contributed by atoms with van der Waals surface area (Å²) < 4.78 is 16.9. The molecule has 1 N–H and O–H groups in total. The van der Waals surface area contributed by atoms with Crippen molar-refractivity contribution < 1.29 is 23.8 Å². The zero-order chi connectivity index (χ0) is 26.0. The van der Waals surface area contributed by atoms with Crippen molar-refractivity contribution >= 4 is 17.7 Å². The van der Waals surface area contributed by atoms with Gasteiger partial charge in [-0.2, -0.15) is 0 Å². The summed E-state index contributed by atoms with van der Waals surface area (Å²) in [6.07, 6.45) is 1.93. The van der Waals surface area contributed by atoms with Crippen LogP contribution in [0, 0.1) is 0 Å². The number of ether oxygens (including phenoxy) is 3. The minimum atomic E-state index is -0.500. The SMILES string of the molecule is COC(=O)c1ccc(NC(=O)c2cc(OCc3ccccc3)cc(O[C@@H](C)Cc3ccccc3)c2)nc1. The van der Waals surface area contributed by atoms with Gasteiger partial charge in [0.15, 0.2) is 0 Å². The minimum Gasteiger partial charge on any atom is -0.490 e. The van der Waals surface area contributed by atoms with Crippen LogP contribution in [0.4, 0.5) is 5.82 Å². The predicted molar refractivity (Wildman–Crippen MR) is 141 cm³/mol. The molecule has 3 aromatic carbocycles. The standard InChI is InChI=1S/C30H28N2O5/c1-21(15-22-9-5-3-6-10-22)37-27-17-25(16-26(18-27)36-20-23-11-7-4-8-12-23)29(33)32-28-14-13-24(19-31-28)30(34)35-2/h3-14,16-19,21H,15,20H2,1-2H3,(H,31,32,33)/t21-/m0/s1. The summed E-state index contributed by atoms with van der Waals surface area (Å²) in [5.41, 5.74) is 2.81. The van der Waals surface area contributed by atoms with Crippen molar-refractivity contribution in [3.05, 3.63) is 119 Å². The molecule has 0 bridgehead atoms. The van der Waals surface area contributed by atoms with Gasteiger partial charge in [-0.1, -0.05) is 60.7 Å². The number of carbonyl (C=O) groups excluding carboxylic acids is 2. The Labute approximate surface area is 216 Å². The van der Waals surface area contributed by atoms with Crippen molar-refractivity contribution in [2.75, 3.05) is 12.4 Å². The Kier molecular flexibility index (Phi) is 8.49. The van der Waals surface area contributed by atoms with Crippen LogP contribution in [0.15, 0.2) is 97.2 Å². The van der Waals surface area contributed by atoms with E-state index in [2.05, 4.69) is 27.2 Å². The van der Waals surface area contributed by atoms with E-state index in [0.717, 1.165) is 11.1 Å². The summed E-state index contributed by atoms with van der Waals surface area (Å²) in [5.74, 6) is 0.442. The van der Waals surface area contributed by atoms with E-state index in [1.165, 1.54) is 19.4 Å². The van der Waals surface area contributed by atoms with E-state index < -0.39 is 5.97 Å². The van der Waals surface area contributed by atoms with Gasteiger partial charge in [0.2, 0.25) is 0 Å². The van der Waals surface area contributed by atoms with E-state index in [1.54, 1.807) is 24.3 Å². The maximum atomic E-state index is 13.1. The molecule has 7 nitrogen and oxygen atoms in total. The fourth-order valence-electron chi connectivity index (χ4n) is 3.71. The Hall–Kier alpha value is -4.65. The number of rotatable bonds is 10. The Bertz CT molecular complexity index is 1330. The topological polar surface area (TPSA) is 86.8 Å².